The van der Waals surface area contributed by atoms with Crippen molar-refractivity contribution < 1.29 is 60.7 Å². The van der Waals surface area contributed by atoms with Crippen LogP contribution in [0, 0.1) is 0 Å². The van der Waals surface area contributed by atoms with E-state index in [1.54, 1.807) is 42.3 Å². The second-order valence-corrected chi connectivity index (χ2v) is 18.7. The van der Waals surface area contributed by atoms with Crippen LogP contribution in [0.25, 0.3) is 11.0 Å². The molecule has 65 heavy (non-hydrogen) atoms. The predicted octanol–water partition coefficient (Wildman–Crippen LogP) is 4.78. The average Bonchev–Trinajstić information content (AvgIpc) is 3.27. The summed E-state index contributed by atoms with van der Waals surface area (Å²) in [5.41, 5.74) is 13.2. The number of rotatable bonds is 25. The van der Waals surface area contributed by atoms with Crippen molar-refractivity contribution >= 4 is 73.4 Å². The van der Waals surface area contributed by atoms with Crippen molar-refractivity contribution in [1.82, 2.24) is 30.6 Å². The van der Waals surface area contributed by atoms with Gasteiger partial charge in [0.1, 0.15) is 28.9 Å². The Labute approximate surface area is 375 Å². The minimum absolute atomic E-state index is 0.00611. The number of nitrogens with zero attached hydrogens (tertiary/aromatic N) is 5. The molecule has 0 aliphatic carbocycles. The van der Waals surface area contributed by atoms with Gasteiger partial charge in [-0.15, -0.1) is 0 Å². The van der Waals surface area contributed by atoms with Crippen LogP contribution < -0.4 is 27.0 Å². The van der Waals surface area contributed by atoms with E-state index in [-0.39, 0.29) is 62.5 Å². The van der Waals surface area contributed by atoms with E-state index >= 15 is 0 Å². The molecule has 0 radical (unpaired) electrons. The molecule has 2 atom stereocenters. The zero-order valence-electron chi connectivity index (χ0n) is 37.0. The molecule has 2 unspecified atom stereocenters. The molecule has 0 saturated carbocycles. The number of carbonyl (C=O) groups excluding carboxylic acids is 5. The third-order valence-electron chi connectivity index (χ3n) is 9.25. The summed E-state index contributed by atoms with van der Waals surface area (Å²) in [5.74, 6) is -4.26. The first-order valence-corrected chi connectivity index (χ1v) is 23.9. The molecule has 2 heterocycles. The Kier molecular flexibility index (Phi) is 19.4. The monoisotopic (exact) mass is 943 g/mol. The quantitative estimate of drug-likeness (QED) is 0.0395. The fourth-order valence-electron chi connectivity index (χ4n) is 6.32. The summed E-state index contributed by atoms with van der Waals surface area (Å²) in [6.07, 6.45) is -0.113. The van der Waals surface area contributed by atoms with Crippen LogP contribution in [0.2, 0.25) is 0 Å². The molecule has 2 amide bonds. The van der Waals surface area contributed by atoms with E-state index in [1.807, 2.05) is 0 Å². The number of amides is 2. The van der Waals surface area contributed by atoms with E-state index in [0.717, 1.165) is 0 Å². The van der Waals surface area contributed by atoms with Crippen LogP contribution in [0.1, 0.15) is 80.4 Å². The van der Waals surface area contributed by atoms with Gasteiger partial charge in [-0.1, -0.05) is 18.2 Å². The maximum absolute atomic E-state index is 14.2. The number of ether oxygens (including phenoxy) is 2. The van der Waals surface area contributed by atoms with Gasteiger partial charge in [0.15, 0.2) is 11.2 Å². The first-order valence-electron chi connectivity index (χ1n) is 20.7. The van der Waals surface area contributed by atoms with Crippen molar-refractivity contribution in [3.63, 3.8) is 0 Å². The van der Waals surface area contributed by atoms with Gasteiger partial charge in [-0.05, 0) is 77.4 Å². The van der Waals surface area contributed by atoms with E-state index < -0.39 is 81.7 Å². The normalized spacial score (nSPS) is 12.6. The SMILES string of the molecule is CCOC(=O)C(CC(P(=O)(OCC)OCC)P(=O)(OCC)OCC)NC(=O)CCC(NC(=O)c1ccc(N(C)Cc2ncc3nc(N)nc(N)c3n2)cc1)C(=O)OC(=O)c1ccccc1. The lowest BCUT2D eigenvalue weighted by molar-refractivity contribution is -0.147. The Hall–Kier alpha value is -5.89. The van der Waals surface area contributed by atoms with Crippen LogP contribution in [0.5, 0.6) is 0 Å². The maximum atomic E-state index is 14.2. The number of nitrogens with one attached hydrogen (secondary N) is 2. The van der Waals surface area contributed by atoms with E-state index in [2.05, 4.69) is 30.6 Å². The van der Waals surface area contributed by atoms with E-state index in [4.69, 9.17) is 39.0 Å². The Morgan fingerprint density at radius 3 is 1.89 bits per heavy atom. The van der Waals surface area contributed by atoms with E-state index in [1.165, 1.54) is 65.1 Å². The molecule has 0 saturated heterocycles. The molecule has 0 fully saturated rings. The van der Waals surface area contributed by atoms with Gasteiger partial charge in [0.2, 0.25) is 11.9 Å². The van der Waals surface area contributed by atoms with Crippen LogP contribution in [-0.2, 0) is 57.6 Å². The van der Waals surface area contributed by atoms with Gasteiger partial charge in [0.25, 0.3) is 5.91 Å². The summed E-state index contributed by atoms with van der Waals surface area (Å²) >= 11 is 0. The Morgan fingerprint density at radius 2 is 1.32 bits per heavy atom. The van der Waals surface area contributed by atoms with Crippen molar-refractivity contribution in [2.75, 3.05) is 56.4 Å². The number of esters is 3. The summed E-state index contributed by atoms with van der Waals surface area (Å²) in [5, 5.41) is 3.35. The molecule has 24 heteroatoms. The summed E-state index contributed by atoms with van der Waals surface area (Å²) < 4.78 is 60.9. The zero-order valence-corrected chi connectivity index (χ0v) is 38.8. The first-order chi connectivity index (χ1) is 31.0. The third-order valence-corrected chi connectivity index (χ3v) is 15.3. The number of hydrogen-bond acceptors (Lipinski definition) is 20. The number of nitrogen functional groups attached to an aromatic ring is 2. The molecule has 4 rings (SSSR count). The summed E-state index contributed by atoms with van der Waals surface area (Å²) in [4.78, 5) is 85.7. The molecule has 0 aliphatic rings. The highest BCUT2D eigenvalue weighted by molar-refractivity contribution is 7.72. The Bertz CT molecular complexity index is 2330. The summed E-state index contributed by atoms with van der Waals surface area (Å²) in [6.45, 7) is 7.25. The highest BCUT2D eigenvalue weighted by Crippen LogP contribution is 2.71. The molecule has 4 aromatic rings. The number of carbonyl (C=O) groups is 5. The van der Waals surface area contributed by atoms with Crippen LogP contribution in [0.15, 0.2) is 60.8 Å². The molecular weight excluding hydrogens is 888 g/mol. The van der Waals surface area contributed by atoms with Crippen LogP contribution in [-0.4, -0.2) is 107 Å². The fourth-order valence-corrected chi connectivity index (χ4v) is 11.7. The molecule has 352 valence electrons. The van der Waals surface area contributed by atoms with Crippen molar-refractivity contribution in [1.29, 1.82) is 0 Å². The second-order valence-electron chi connectivity index (χ2n) is 13.9. The highest BCUT2D eigenvalue weighted by Gasteiger charge is 2.52. The Morgan fingerprint density at radius 1 is 0.723 bits per heavy atom. The predicted molar refractivity (Wildman–Crippen MR) is 239 cm³/mol. The number of hydrogen-bond donors (Lipinski definition) is 4. The van der Waals surface area contributed by atoms with Gasteiger partial charge >= 0.3 is 33.1 Å². The van der Waals surface area contributed by atoms with Crippen molar-refractivity contribution in [2.45, 2.75) is 77.9 Å². The van der Waals surface area contributed by atoms with E-state index in [9.17, 15) is 33.1 Å². The fraction of sp³-hybridized carbons (Fsp3) is 0.439. The average molecular weight is 944 g/mol. The number of nitrogens with two attached hydrogens (primary N) is 2. The second kappa shape index (κ2) is 24.4. The van der Waals surface area contributed by atoms with Crippen LogP contribution in [0.4, 0.5) is 17.5 Å². The topological polar surface area (TPSA) is 306 Å². The lowest BCUT2D eigenvalue weighted by atomic mass is 10.1. The molecule has 2 aromatic carbocycles. The lowest BCUT2D eigenvalue weighted by Gasteiger charge is -2.33. The number of benzene rings is 2. The number of fused-ring (bicyclic) bond motifs is 1. The zero-order chi connectivity index (χ0) is 47.7. The van der Waals surface area contributed by atoms with E-state index in [0.29, 0.717) is 22.5 Å². The number of anilines is 3. The van der Waals surface area contributed by atoms with Crippen molar-refractivity contribution in [2.24, 2.45) is 0 Å². The van der Waals surface area contributed by atoms with Gasteiger partial charge in [0.05, 0.1) is 51.3 Å². The van der Waals surface area contributed by atoms with Gasteiger partial charge in [-0.3, -0.25) is 18.7 Å². The standard InChI is InChI=1S/C41H55N9O13P2/c1-7-58-39(54)30(23-34(64(56,59-8-2)60-9-3)65(57,61-10-4)62-11-5)45-33(51)22-21-29(40(55)63-38(53)27-15-13-12-14-16-27)46-37(52)26-17-19-28(20-18-26)50(6)25-32-44-24-31-35(48-32)36(42)49-41(43)47-31/h12-20,24,29-30,34H,7-11,21-23,25H2,1-6H3,(H,45,51)(H,46,52)(H4,42,43,47,49). The highest BCUT2D eigenvalue weighted by atomic mass is 31.2. The smallest absolute Gasteiger partial charge is 0.345 e. The molecule has 0 spiro atoms. The summed E-state index contributed by atoms with van der Waals surface area (Å²) in [6, 6.07) is 10.7. The Balaban J connectivity index is 1.55. The van der Waals surface area contributed by atoms with Crippen LogP contribution >= 0.6 is 15.2 Å². The minimum atomic E-state index is -4.36. The third kappa shape index (κ3) is 14.3. The van der Waals surface area contributed by atoms with Gasteiger partial charge < -0.3 is 54.6 Å². The number of aromatic nitrogens is 4. The molecule has 22 nitrogen and oxygen atoms in total. The minimum Gasteiger partial charge on any atom is -0.464 e. The van der Waals surface area contributed by atoms with Gasteiger partial charge in [0, 0.05) is 31.1 Å². The summed E-state index contributed by atoms with van der Waals surface area (Å²) in [7, 11) is -6.96. The van der Waals surface area contributed by atoms with Gasteiger partial charge in [-0.2, -0.15) is 4.98 Å². The molecule has 6 N–H and O–H groups in total. The first kappa shape index (κ1) is 51.7. The van der Waals surface area contributed by atoms with Crippen molar-refractivity contribution in [3.8, 4) is 0 Å². The molecular formula is C41H55N9O13P2. The van der Waals surface area contributed by atoms with Crippen molar-refractivity contribution in [3.05, 3.63) is 77.7 Å². The molecule has 0 bridgehead atoms. The lowest BCUT2D eigenvalue weighted by Crippen LogP contribution is -2.46. The largest absolute Gasteiger partial charge is 0.464 e. The maximum Gasteiger partial charge on any atom is 0.345 e. The van der Waals surface area contributed by atoms with Gasteiger partial charge in [-0.25, -0.2) is 29.3 Å². The van der Waals surface area contributed by atoms with Crippen LogP contribution in [0.3, 0.4) is 0 Å². The molecule has 0 aliphatic heterocycles. The molecule has 2 aromatic heterocycles.